The number of hydrogen-bond donors (Lipinski definition) is 1. The molecule has 11 heteroatoms. The van der Waals surface area contributed by atoms with E-state index < -0.39 is 12.0 Å². The molecule has 1 N–H and O–H groups in total. The fraction of sp³-hybridized carbons (Fsp3) is 0.353. The van der Waals surface area contributed by atoms with Crippen LogP contribution in [0.15, 0.2) is 30.5 Å². The van der Waals surface area contributed by atoms with Gasteiger partial charge in [0.15, 0.2) is 5.65 Å². The molecule has 1 aliphatic heterocycles. The van der Waals surface area contributed by atoms with Crippen molar-refractivity contribution in [3.63, 3.8) is 0 Å². The van der Waals surface area contributed by atoms with Gasteiger partial charge < -0.3 is 10.2 Å². The number of anilines is 2. The number of fused-ring (bicyclic) bond motifs is 1. The van der Waals surface area contributed by atoms with Gasteiger partial charge in [0.25, 0.3) is 5.82 Å². The van der Waals surface area contributed by atoms with Crippen LogP contribution in [-0.4, -0.2) is 43.9 Å². The number of piperidine rings is 1. The Morgan fingerprint density at radius 2 is 1.89 bits per heavy atom. The maximum atomic E-state index is 13.0. The third-order valence-electron chi connectivity index (χ3n) is 4.56. The number of aromatic nitrogens is 5. The second-order valence-electron chi connectivity index (χ2n) is 6.43. The Hall–Kier alpha value is -3.42. The second kappa shape index (κ2) is 6.95. The van der Waals surface area contributed by atoms with Crippen molar-refractivity contribution in [2.75, 3.05) is 23.3 Å². The lowest BCUT2D eigenvalue weighted by molar-refractivity contribution is -0.146. The van der Waals surface area contributed by atoms with E-state index in [2.05, 4.69) is 30.5 Å². The number of halogens is 3. The number of hydrogen-bond acceptors (Lipinski definition) is 7. The molecule has 3 aromatic heterocycles. The maximum absolute atomic E-state index is 13.0. The summed E-state index contributed by atoms with van der Waals surface area (Å²) < 4.78 is 39.6. The molecule has 0 spiro atoms. The predicted octanol–water partition coefficient (Wildman–Crippen LogP) is 2.49. The number of alkyl halides is 3. The molecule has 0 aromatic carbocycles. The van der Waals surface area contributed by atoms with E-state index in [9.17, 15) is 13.2 Å². The van der Waals surface area contributed by atoms with Gasteiger partial charge in [0.2, 0.25) is 0 Å². The van der Waals surface area contributed by atoms with Gasteiger partial charge in [0, 0.05) is 25.3 Å². The molecule has 28 heavy (non-hydrogen) atoms. The molecule has 8 nitrogen and oxygen atoms in total. The van der Waals surface area contributed by atoms with Gasteiger partial charge >= 0.3 is 6.18 Å². The van der Waals surface area contributed by atoms with E-state index in [0.29, 0.717) is 15.9 Å². The Balaban J connectivity index is 1.42. The third kappa shape index (κ3) is 3.53. The molecule has 1 saturated heterocycles. The quantitative estimate of drug-likeness (QED) is 0.737. The number of nitriles is 1. The summed E-state index contributed by atoms with van der Waals surface area (Å²) in [4.78, 5) is 6.40. The van der Waals surface area contributed by atoms with E-state index in [1.165, 1.54) is 12.3 Å². The van der Waals surface area contributed by atoms with Crippen LogP contribution in [0.2, 0.25) is 0 Å². The minimum absolute atomic E-state index is 0.0413. The SMILES string of the molecule is N#Cc1ccc(N2CCC(Nc3ccc4nnc(C(F)(F)F)n4n3)CC2)nc1. The summed E-state index contributed by atoms with van der Waals surface area (Å²) in [6.45, 7) is 1.47. The van der Waals surface area contributed by atoms with Crippen LogP contribution in [-0.2, 0) is 6.18 Å². The normalized spacial score (nSPS) is 15.6. The number of nitrogens with zero attached hydrogens (tertiary/aromatic N) is 7. The first-order valence-electron chi connectivity index (χ1n) is 8.61. The summed E-state index contributed by atoms with van der Waals surface area (Å²) in [5.41, 5.74) is 0.550. The molecule has 3 aromatic rings. The predicted molar refractivity (Wildman–Crippen MR) is 93.6 cm³/mol. The van der Waals surface area contributed by atoms with E-state index in [1.807, 2.05) is 12.1 Å². The minimum atomic E-state index is -4.62. The molecule has 1 aliphatic rings. The Labute approximate surface area is 157 Å². The van der Waals surface area contributed by atoms with Crippen LogP contribution in [0, 0.1) is 11.3 Å². The van der Waals surface area contributed by atoms with E-state index in [-0.39, 0.29) is 11.7 Å². The molecule has 1 fully saturated rings. The third-order valence-corrected chi connectivity index (χ3v) is 4.56. The zero-order valence-corrected chi connectivity index (χ0v) is 14.6. The van der Waals surface area contributed by atoms with Crippen molar-refractivity contribution in [2.45, 2.75) is 25.1 Å². The van der Waals surface area contributed by atoms with Gasteiger partial charge in [0.1, 0.15) is 17.7 Å². The zero-order chi connectivity index (χ0) is 19.7. The molecule has 0 unspecified atom stereocenters. The molecule has 144 valence electrons. The van der Waals surface area contributed by atoms with Crippen LogP contribution >= 0.6 is 0 Å². The van der Waals surface area contributed by atoms with Crippen molar-refractivity contribution in [3.05, 3.63) is 41.9 Å². The highest BCUT2D eigenvalue weighted by Gasteiger charge is 2.37. The number of rotatable bonds is 3. The van der Waals surface area contributed by atoms with Crippen LogP contribution in [0.5, 0.6) is 0 Å². The van der Waals surface area contributed by atoms with Crippen molar-refractivity contribution in [1.29, 1.82) is 5.26 Å². The van der Waals surface area contributed by atoms with Gasteiger partial charge in [-0.2, -0.15) is 22.9 Å². The minimum Gasteiger partial charge on any atom is -0.366 e. The van der Waals surface area contributed by atoms with Crippen molar-refractivity contribution in [1.82, 2.24) is 24.8 Å². The van der Waals surface area contributed by atoms with E-state index in [0.717, 1.165) is 31.7 Å². The van der Waals surface area contributed by atoms with Gasteiger partial charge in [-0.15, -0.1) is 15.3 Å². The monoisotopic (exact) mass is 388 g/mol. The largest absolute Gasteiger partial charge is 0.453 e. The van der Waals surface area contributed by atoms with Crippen molar-refractivity contribution in [3.8, 4) is 6.07 Å². The molecule has 4 rings (SSSR count). The van der Waals surface area contributed by atoms with Gasteiger partial charge in [-0.25, -0.2) is 4.98 Å². The van der Waals surface area contributed by atoms with Crippen molar-refractivity contribution < 1.29 is 13.2 Å². The van der Waals surface area contributed by atoms with Crippen LogP contribution in [0.4, 0.5) is 24.8 Å². The van der Waals surface area contributed by atoms with Gasteiger partial charge in [-0.3, -0.25) is 0 Å². The Kier molecular flexibility index (Phi) is 4.46. The smallest absolute Gasteiger partial charge is 0.366 e. The lowest BCUT2D eigenvalue weighted by atomic mass is 10.0. The summed E-state index contributed by atoms with van der Waals surface area (Å²) in [6, 6.07) is 8.70. The second-order valence-corrected chi connectivity index (χ2v) is 6.43. The molecule has 0 radical (unpaired) electrons. The van der Waals surface area contributed by atoms with E-state index in [1.54, 1.807) is 12.1 Å². The first-order valence-corrected chi connectivity index (χ1v) is 8.61. The lowest BCUT2D eigenvalue weighted by Gasteiger charge is -2.33. The summed E-state index contributed by atoms with van der Waals surface area (Å²) in [6.07, 6.45) is -1.54. The molecule has 4 heterocycles. The molecular weight excluding hydrogens is 373 g/mol. The summed E-state index contributed by atoms with van der Waals surface area (Å²) >= 11 is 0. The maximum Gasteiger partial charge on any atom is 0.453 e. The average Bonchev–Trinajstić information content (AvgIpc) is 3.12. The molecule has 0 atom stereocenters. The van der Waals surface area contributed by atoms with E-state index >= 15 is 0 Å². The molecule has 0 saturated carbocycles. The van der Waals surface area contributed by atoms with Gasteiger partial charge in [0.05, 0.1) is 5.56 Å². The Morgan fingerprint density at radius 3 is 2.54 bits per heavy atom. The Bertz CT molecular complexity index is 1010. The van der Waals surface area contributed by atoms with Crippen LogP contribution in [0.25, 0.3) is 5.65 Å². The highest BCUT2D eigenvalue weighted by Crippen LogP contribution is 2.28. The summed E-state index contributed by atoms with van der Waals surface area (Å²) in [5.74, 6) is -0.00286. The first kappa shape index (κ1) is 18.0. The zero-order valence-electron chi connectivity index (χ0n) is 14.6. The molecule has 0 amide bonds. The van der Waals surface area contributed by atoms with E-state index in [4.69, 9.17) is 5.26 Å². The number of pyridine rings is 1. The van der Waals surface area contributed by atoms with Crippen LogP contribution < -0.4 is 10.2 Å². The van der Waals surface area contributed by atoms with Crippen LogP contribution in [0.1, 0.15) is 24.2 Å². The molecule has 0 bridgehead atoms. The van der Waals surface area contributed by atoms with Crippen LogP contribution in [0.3, 0.4) is 0 Å². The summed E-state index contributed by atoms with van der Waals surface area (Å²) in [7, 11) is 0. The Morgan fingerprint density at radius 1 is 1.11 bits per heavy atom. The fourth-order valence-corrected chi connectivity index (χ4v) is 3.14. The molecule has 0 aliphatic carbocycles. The van der Waals surface area contributed by atoms with Crippen molar-refractivity contribution >= 4 is 17.3 Å². The average molecular weight is 388 g/mol. The lowest BCUT2D eigenvalue weighted by Crippen LogP contribution is -2.39. The standard InChI is InChI=1S/C17H15F3N8/c18-17(19,20)16-25-24-15-4-2-13(26-28(15)16)23-12-5-7-27(8-6-12)14-3-1-11(9-21)10-22-14/h1-4,10,12H,5-8H2,(H,23,26). The fourth-order valence-electron chi connectivity index (χ4n) is 3.14. The van der Waals surface area contributed by atoms with Gasteiger partial charge in [-0.05, 0) is 37.1 Å². The highest BCUT2D eigenvalue weighted by molar-refractivity contribution is 5.46. The summed E-state index contributed by atoms with van der Waals surface area (Å²) in [5, 5.41) is 22.7. The first-order chi connectivity index (χ1) is 13.4. The highest BCUT2D eigenvalue weighted by atomic mass is 19.4. The van der Waals surface area contributed by atoms with Crippen molar-refractivity contribution in [2.24, 2.45) is 0 Å². The topological polar surface area (TPSA) is 95.0 Å². The van der Waals surface area contributed by atoms with Gasteiger partial charge in [-0.1, -0.05) is 0 Å². The number of nitrogens with one attached hydrogen (secondary N) is 1. The molecular formula is C17H15F3N8.